The van der Waals surface area contributed by atoms with Crippen molar-refractivity contribution in [1.82, 2.24) is 15.0 Å². The normalized spacial score (nSPS) is 16.4. The average Bonchev–Trinajstić information content (AvgIpc) is 3.18. The van der Waals surface area contributed by atoms with Crippen molar-refractivity contribution in [1.29, 1.82) is 0 Å². The summed E-state index contributed by atoms with van der Waals surface area (Å²) in [6.45, 7) is 3.83. The summed E-state index contributed by atoms with van der Waals surface area (Å²) < 4.78 is 42.1. The molecule has 0 amide bonds. The van der Waals surface area contributed by atoms with Crippen molar-refractivity contribution in [3.8, 4) is 0 Å². The molecule has 4 rings (SSSR count). The van der Waals surface area contributed by atoms with Crippen molar-refractivity contribution in [2.75, 3.05) is 30.7 Å². The Hall–Kier alpha value is -2.86. The smallest absolute Gasteiger partial charge is 0.240 e. The molecule has 1 aromatic heterocycles. The predicted molar refractivity (Wildman–Crippen MR) is 132 cm³/mol. The summed E-state index contributed by atoms with van der Waals surface area (Å²) in [5.41, 5.74) is 6.99. The Morgan fingerprint density at radius 2 is 2.03 bits per heavy atom. The van der Waals surface area contributed by atoms with Crippen LogP contribution in [0.15, 0.2) is 47.4 Å². The Labute approximate surface area is 201 Å². The van der Waals surface area contributed by atoms with Crippen molar-refractivity contribution in [3.63, 3.8) is 0 Å². The lowest BCUT2D eigenvalue weighted by Crippen LogP contribution is -2.38. The molecule has 1 unspecified atom stereocenters. The van der Waals surface area contributed by atoms with Crippen molar-refractivity contribution in [2.24, 2.45) is 5.92 Å². The van der Waals surface area contributed by atoms with Crippen LogP contribution in [0.3, 0.4) is 0 Å². The molecule has 5 N–H and O–H groups in total. The maximum atomic E-state index is 14.2. The molecule has 8 nitrogen and oxygen atoms in total. The number of carbonyl (C=O) groups excluding carboxylic acids is 1. The van der Waals surface area contributed by atoms with E-state index in [1.54, 1.807) is 25.1 Å². The van der Waals surface area contributed by atoms with Crippen LogP contribution in [0.2, 0.25) is 0 Å². The van der Waals surface area contributed by atoms with Gasteiger partial charge in [0.25, 0.3) is 0 Å². The molecule has 1 aliphatic heterocycles. The number of nitrogen functional groups attached to an aromatic ring is 1. The third kappa shape index (κ3) is 5.44. The zero-order chi connectivity index (χ0) is 24.3. The fourth-order valence-corrected chi connectivity index (χ4v) is 5.80. The second-order valence-corrected chi connectivity index (χ2v) is 11.0. The molecule has 11 heteroatoms. The molecule has 2 heterocycles. The number of piperidine rings is 1. The third-order valence-corrected chi connectivity index (χ3v) is 8.11. The largest absolute Gasteiger partial charge is 0.382 e. The van der Waals surface area contributed by atoms with Crippen molar-refractivity contribution in [3.05, 3.63) is 64.3 Å². The van der Waals surface area contributed by atoms with Gasteiger partial charge < -0.3 is 16.4 Å². The molecule has 0 radical (unpaired) electrons. The molecule has 1 aliphatic rings. The van der Waals surface area contributed by atoms with E-state index in [9.17, 15) is 17.6 Å². The molecule has 1 saturated heterocycles. The molecule has 1 atom stereocenters. The van der Waals surface area contributed by atoms with E-state index in [4.69, 9.17) is 5.73 Å². The van der Waals surface area contributed by atoms with Crippen LogP contribution in [-0.2, 0) is 10.0 Å². The maximum Gasteiger partial charge on any atom is 0.240 e. The van der Waals surface area contributed by atoms with Crippen molar-refractivity contribution < 1.29 is 17.6 Å². The molecule has 34 heavy (non-hydrogen) atoms. The second kappa shape index (κ2) is 10.2. The number of thiazole rings is 1. The highest BCUT2D eigenvalue weighted by molar-refractivity contribution is 7.89. The minimum atomic E-state index is -3.62. The van der Waals surface area contributed by atoms with Gasteiger partial charge in [-0.1, -0.05) is 23.5 Å². The van der Waals surface area contributed by atoms with E-state index in [1.165, 1.54) is 24.3 Å². The SMILES string of the molecule is Cc1cccc(F)c1C(=O)c1sc(Nc2ccc(S(=O)(=O)NCC3CCCNC3)cc2)nc1N. The Morgan fingerprint density at radius 1 is 1.26 bits per heavy atom. The van der Waals surface area contributed by atoms with Gasteiger partial charge in [0, 0.05) is 12.2 Å². The lowest BCUT2D eigenvalue weighted by molar-refractivity contribution is 0.103. The monoisotopic (exact) mass is 503 g/mol. The van der Waals surface area contributed by atoms with Gasteiger partial charge >= 0.3 is 0 Å². The number of ketones is 1. The summed E-state index contributed by atoms with van der Waals surface area (Å²) in [5.74, 6) is -0.859. The number of nitrogens with two attached hydrogens (primary N) is 1. The van der Waals surface area contributed by atoms with Gasteiger partial charge in [0.15, 0.2) is 5.13 Å². The van der Waals surface area contributed by atoms with E-state index in [0.29, 0.717) is 22.9 Å². The number of aryl methyl sites for hydroxylation is 1. The van der Waals surface area contributed by atoms with E-state index in [0.717, 1.165) is 37.3 Å². The van der Waals surface area contributed by atoms with Crippen LogP contribution in [0.5, 0.6) is 0 Å². The number of halogens is 1. The van der Waals surface area contributed by atoms with E-state index < -0.39 is 21.6 Å². The fourth-order valence-electron chi connectivity index (χ4n) is 3.83. The van der Waals surface area contributed by atoms with Gasteiger partial charge in [-0.3, -0.25) is 4.79 Å². The van der Waals surface area contributed by atoms with E-state index >= 15 is 0 Å². The third-order valence-electron chi connectivity index (χ3n) is 5.69. The Morgan fingerprint density at radius 3 is 2.71 bits per heavy atom. The van der Waals surface area contributed by atoms with E-state index in [-0.39, 0.29) is 27.1 Å². The van der Waals surface area contributed by atoms with Crippen LogP contribution in [-0.4, -0.2) is 38.8 Å². The fraction of sp³-hybridized carbons (Fsp3) is 0.304. The van der Waals surface area contributed by atoms with Gasteiger partial charge in [-0.05, 0) is 74.7 Å². The second-order valence-electron chi connectivity index (χ2n) is 8.21. The number of aromatic nitrogens is 1. The van der Waals surface area contributed by atoms with Crippen LogP contribution >= 0.6 is 11.3 Å². The summed E-state index contributed by atoms with van der Waals surface area (Å²) in [6.07, 6.45) is 2.04. The number of anilines is 3. The zero-order valence-corrected chi connectivity index (χ0v) is 20.2. The summed E-state index contributed by atoms with van der Waals surface area (Å²) in [7, 11) is -3.62. The predicted octanol–water partition coefficient (Wildman–Crippen LogP) is 3.43. The highest BCUT2D eigenvalue weighted by atomic mass is 32.2. The van der Waals surface area contributed by atoms with Gasteiger partial charge in [-0.15, -0.1) is 0 Å². The first-order valence-electron chi connectivity index (χ1n) is 10.9. The van der Waals surface area contributed by atoms with Crippen molar-refractivity contribution in [2.45, 2.75) is 24.7 Å². The van der Waals surface area contributed by atoms with Crippen LogP contribution < -0.4 is 21.1 Å². The zero-order valence-electron chi connectivity index (χ0n) is 18.6. The molecule has 1 fully saturated rings. The van der Waals surface area contributed by atoms with E-state index in [2.05, 4.69) is 20.3 Å². The summed E-state index contributed by atoms with van der Waals surface area (Å²) in [6, 6.07) is 10.6. The molecule has 0 saturated carbocycles. The Bertz CT molecular complexity index is 1270. The highest BCUT2D eigenvalue weighted by Gasteiger charge is 2.23. The van der Waals surface area contributed by atoms with Crippen LogP contribution in [0, 0.1) is 18.7 Å². The summed E-state index contributed by atoms with van der Waals surface area (Å²) in [4.78, 5) is 17.3. The van der Waals surface area contributed by atoms with Crippen LogP contribution in [0.25, 0.3) is 0 Å². The summed E-state index contributed by atoms with van der Waals surface area (Å²) in [5, 5.41) is 6.63. The number of hydrogen-bond acceptors (Lipinski definition) is 8. The Kier molecular flexibility index (Phi) is 7.27. The van der Waals surface area contributed by atoms with Gasteiger partial charge in [-0.25, -0.2) is 22.5 Å². The lowest BCUT2D eigenvalue weighted by Gasteiger charge is -2.22. The number of rotatable bonds is 8. The lowest BCUT2D eigenvalue weighted by atomic mass is 10.0. The minimum Gasteiger partial charge on any atom is -0.382 e. The first-order chi connectivity index (χ1) is 16.2. The maximum absolute atomic E-state index is 14.2. The molecule has 0 aliphatic carbocycles. The minimum absolute atomic E-state index is 0.000698. The molecular formula is C23H26FN5O3S2. The molecule has 0 bridgehead atoms. The standard InChI is InChI=1S/C23H26FN5O3S2/c1-14-4-2-6-18(24)19(14)20(30)21-22(25)29-23(33-21)28-16-7-9-17(10-8-16)34(31,32)27-13-15-5-3-11-26-12-15/h2,4,6-10,15,26-27H,3,5,11-13,25H2,1H3,(H,28,29). The number of hydrogen-bond donors (Lipinski definition) is 4. The number of benzene rings is 2. The van der Waals surface area contributed by atoms with Gasteiger partial charge in [0.2, 0.25) is 15.8 Å². The van der Waals surface area contributed by atoms with Crippen molar-refractivity contribution >= 4 is 43.8 Å². The van der Waals surface area contributed by atoms with E-state index in [1.807, 2.05) is 0 Å². The molecule has 180 valence electrons. The Balaban J connectivity index is 1.44. The quantitative estimate of drug-likeness (QED) is 0.347. The van der Waals surface area contributed by atoms with Gasteiger partial charge in [0.1, 0.15) is 16.5 Å². The first kappa shape index (κ1) is 24.3. The number of sulfonamides is 1. The molecule has 3 aromatic rings. The molecule has 2 aromatic carbocycles. The number of nitrogens with one attached hydrogen (secondary N) is 3. The van der Waals surface area contributed by atoms with Gasteiger partial charge in [-0.2, -0.15) is 0 Å². The molecular weight excluding hydrogens is 477 g/mol. The number of carbonyl (C=O) groups is 1. The molecule has 0 spiro atoms. The number of nitrogens with zero attached hydrogens (tertiary/aromatic N) is 1. The average molecular weight is 504 g/mol. The van der Waals surface area contributed by atoms with Gasteiger partial charge in [0.05, 0.1) is 10.5 Å². The van der Waals surface area contributed by atoms with Crippen LogP contribution in [0.1, 0.15) is 33.6 Å². The highest BCUT2D eigenvalue weighted by Crippen LogP contribution is 2.31. The summed E-state index contributed by atoms with van der Waals surface area (Å²) >= 11 is 1.01. The first-order valence-corrected chi connectivity index (χ1v) is 13.2. The van der Waals surface area contributed by atoms with Crippen LogP contribution in [0.4, 0.5) is 21.0 Å². The topological polar surface area (TPSA) is 126 Å².